The first-order chi connectivity index (χ1) is 16.6. The van der Waals surface area contributed by atoms with Gasteiger partial charge >= 0.3 is 18.2 Å². The molecule has 0 fully saturated rings. The molecule has 0 aliphatic heterocycles. The predicted octanol–water partition coefficient (Wildman–Crippen LogP) is 3.09. The molecular weight excluding hydrogens is 470 g/mol. The maximum Gasteiger partial charge on any atom is 0.408 e. The van der Waals surface area contributed by atoms with E-state index in [-0.39, 0.29) is 18.6 Å². The summed E-state index contributed by atoms with van der Waals surface area (Å²) in [4.78, 5) is 48.8. The van der Waals surface area contributed by atoms with Gasteiger partial charge in [-0.25, -0.2) is 14.4 Å². The highest BCUT2D eigenvalue weighted by atomic mass is 16.6. The first-order valence-corrected chi connectivity index (χ1v) is 11.8. The van der Waals surface area contributed by atoms with Gasteiger partial charge < -0.3 is 35.6 Å². The summed E-state index contributed by atoms with van der Waals surface area (Å²) < 4.78 is 10.4. The average Bonchev–Trinajstić information content (AvgIpc) is 2.70. The van der Waals surface area contributed by atoms with Gasteiger partial charge in [0.05, 0.1) is 0 Å². The van der Waals surface area contributed by atoms with Crippen LogP contribution in [0.25, 0.3) is 0 Å². The Morgan fingerprint density at radius 2 is 1.39 bits per heavy atom. The van der Waals surface area contributed by atoms with E-state index in [2.05, 4.69) is 16.0 Å². The summed E-state index contributed by atoms with van der Waals surface area (Å²) >= 11 is 0. The van der Waals surface area contributed by atoms with Crippen LogP contribution in [0.5, 0.6) is 5.75 Å². The van der Waals surface area contributed by atoms with Crippen LogP contribution in [0.3, 0.4) is 0 Å². The highest BCUT2D eigenvalue weighted by Gasteiger charge is 2.28. The summed E-state index contributed by atoms with van der Waals surface area (Å²) in [6.07, 6.45) is -0.247. The van der Waals surface area contributed by atoms with Crippen molar-refractivity contribution >= 4 is 24.1 Å². The molecular formula is C25H39N3O8. The smallest absolute Gasteiger partial charge is 0.408 e. The number of unbranched alkanes of at least 4 members (excludes halogenated alkanes) is 1. The molecule has 1 rings (SSSR count). The third-order valence-corrected chi connectivity index (χ3v) is 4.59. The number of hydrogen-bond acceptors (Lipinski definition) is 7. The minimum absolute atomic E-state index is 0.0136. The number of amides is 3. The summed E-state index contributed by atoms with van der Waals surface area (Å²) in [5.41, 5.74) is -0.804. The van der Waals surface area contributed by atoms with Gasteiger partial charge in [-0.05, 0) is 78.5 Å². The predicted molar refractivity (Wildman–Crippen MR) is 133 cm³/mol. The molecule has 0 spiro atoms. The Bertz CT molecular complexity index is 888. The van der Waals surface area contributed by atoms with E-state index < -0.39 is 47.3 Å². The molecule has 0 saturated carbocycles. The molecule has 0 aromatic heterocycles. The van der Waals surface area contributed by atoms with Gasteiger partial charge in [-0.1, -0.05) is 12.1 Å². The standard InChI is InChI=1S/C25H39N3O8/c1-24(2,3)35-22(33)26-14-8-7-9-18(28-23(34)36-25(4,5)6)20(30)27-19(21(31)32)15-16-10-12-17(29)13-11-16/h10-13,18-19,29H,7-9,14-15H2,1-6H3,(H,26,33)(H,27,30)(H,28,34)(H,31,32). The quantitative estimate of drug-likeness (QED) is 0.284. The van der Waals surface area contributed by atoms with Gasteiger partial charge in [-0.15, -0.1) is 0 Å². The second kappa shape index (κ2) is 13.6. The van der Waals surface area contributed by atoms with E-state index in [4.69, 9.17) is 9.47 Å². The molecule has 5 N–H and O–H groups in total. The molecule has 1 aromatic rings. The Balaban J connectivity index is 2.77. The van der Waals surface area contributed by atoms with E-state index in [1.807, 2.05) is 0 Å². The van der Waals surface area contributed by atoms with Crippen LogP contribution in [0.2, 0.25) is 0 Å². The number of aromatic hydroxyl groups is 1. The van der Waals surface area contributed by atoms with E-state index >= 15 is 0 Å². The largest absolute Gasteiger partial charge is 0.508 e. The van der Waals surface area contributed by atoms with Crippen molar-refractivity contribution < 1.29 is 38.9 Å². The lowest BCUT2D eigenvalue weighted by atomic mass is 10.0. The second-order valence-corrected chi connectivity index (χ2v) is 10.4. The SMILES string of the molecule is CC(C)(C)OC(=O)NCCCCC(NC(=O)OC(C)(C)C)C(=O)NC(Cc1ccc(O)cc1)C(=O)O. The monoisotopic (exact) mass is 509 g/mol. The van der Waals surface area contributed by atoms with Gasteiger partial charge in [0.15, 0.2) is 0 Å². The summed E-state index contributed by atoms with van der Waals surface area (Å²) in [7, 11) is 0. The van der Waals surface area contributed by atoms with Gasteiger partial charge in [-0.2, -0.15) is 0 Å². The van der Waals surface area contributed by atoms with Gasteiger partial charge in [-0.3, -0.25) is 4.79 Å². The Kier molecular flexibility index (Phi) is 11.5. The van der Waals surface area contributed by atoms with E-state index in [0.717, 1.165) is 0 Å². The molecule has 2 unspecified atom stereocenters. The highest BCUT2D eigenvalue weighted by Crippen LogP contribution is 2.13. The zero-order valence-electron chi connectivity index (χ0n) is 21.8. The van der Waals surface area contributed by atoms with Crippen molar-refractivity contribution in [2.75, 3.05) is 6.54 Å². The fourth-order valence-electron chi connectivity index (χ4n) is 3.04. The molecule has 0 heterocycles. The summed E-state index contributed by atoms with van der Waals surface area (Å²) in [5, 5.41) is 26.6. The third kappa shape index (κ3) is 13.4. The van der Waals surface area contributed by atoms with Crippen LogP contribution < -0.4 is 16.0 Å². The van der Waals surface area contributed by atoms with Crippen LogP contribution in [0.1, 0.15) is 66.4 Å². The van der Waals surface area contributed by atoms with Gasteiger partial charge in [0.1, 0.15) is 29.0 Å². The second-order valence-electron chi connectivity index (χ2n) is 10.4. The van der Waals surface area contributed by atoms with Gasteiger partial charge in [0, 0.05) is 13.0 Å². The van der Waals surface area contributed by atoms with Crippen LogP contribution in [0.15, 0.2) is 24.3 Å². The molecule has 0 bridgehead atoms. The number of carbonyl (C=O) groups excluding carboxylic acids is 3. The summed E-state index contributed by atoms with van der Waals surface area (Å²) in [6.45, 7) is 10.6. The molecule has 3 amide bonds. The Morgan fingerprint density at radius 3 is 1.92 bits per heavy atom. The van der Waals surface area contributed by atoms with Crippen LogP contribution in [-0.4, -0.2) is 64.1 Å². The number of carboxylic acid groups (broad SMARTS) is 1. The molecule has 1 aromatic carbocycles. The molecule has 0 radical (unpaired) electrons. The lowest BCUT2D eigenvalue weighted by Crippen LogP contribution is -2.52. The zero-order valence-corrected chi connectivity index (χ0v) is 21.8. The number of nitrogens with one attached hydrogen (secondary N) is 3. The van der Waals surface area contributed by atoms with Crippen molar-refractivity contribution in [3.63, 3.8) is 0 Å². The minimum atomic E-state index is -1.25. The number of carbonyl (C=O) groups is 4. The van der Waals surface area contributed by atoms with Crippen LogP contribution >= 0.6 is 0 Å². The number of alkyl carbamates (subject to hydrolysis) is 2. The molecule has 0 aliphatic carbocycles. The number of rotatable bonds is 11. The number of phenols is 1. The van der Waals surface area contributed by atoms with Gasteiger partial charge in [0.25, 0.3) is 0 Å². The van der Waals surface area contributed by atoms with Crippen molar-refractivity contribution in [2.24, 2.45) is 0 Å². The third-order valence-electron chi connectivity index (χ3n) is 4.59. The highest BCUT2D eigenvalue weighted by molar-refractivity contribution is 5.89. The first kappa shape index (κ1) is 30.5. The van der Waals surface area contributed by atoms with Gasteiger partial charge in [0.2, 0.25) is 5.91 Å². The fourth-order valence-corrected chi connectivity index (χ4v) is 3.04. The number of ether oxygens (including phenoxy) is 2. The summed E-state index contributed by atoms with van der Waals surface area (Å²) in [6, 6.07) is 3.67. The van der Waals surface area contributed by atoms with E-state index in [9.17, 15) is 29.4 Å². The fraction of sp³-hybridized carbons (Fsp3) is 0.600. The Hall–Kier alpha value is -3.50. The van der Waals surface area contributed by atoms with Crippen LogP contribution in [0.4, 0.5) is 9.59 Å². The molecule has 2 atom stereocenters. The number of benzene rings is 1. The maximum atomic E-state index is 13.0. The van der Waals surface area contributed by atoms with Crippen LogP contribution in [-0.2, 0) is 25.5 Å². The number of aliphatic carboxylic acids is 1. The number of phenolic OH excluding ortho intramolecular Hbond substituents is 1. The molecule has 202 valence electrons. The van der Waals surface area contributed by atoms with Crippen molar-refractivity contribution in [2.45, 2.75) is 90.5 Å². The normalized spacial score (nSPS) is 13.2. The molecule has 0 saturated heterocycles. The Labute approximate surface area is 211 Å². The summed E-state index contributed by atoms with van der Waals surface area (Å²) in [5.74, 6) is -1.88. The minimum Gasteiger partial charge on any atom is -0.508 e. The van der Waals surface area contributed by atoms with E-state index in [0.29, 0.717) is 24.9 Å². The maximum absolute atomic E-state index is 13.0. The number of carboxylic acids is 1. The van der Waals surface area contributed by atoms with Crippen LogP contribution in [0, 0.1) is 0 Å². The Morgan fingerprint density at radius 1 is 0.833 bits per heavy atom. The molecule has 11 nitrogen and oxygen atoms in total. The average molecular weight is 510 g/mol. The zero-order chi connectivity index (χ0) is 27.5. The molecule has 36 heavy (non-hydrogen) atoms. The van der Waals surface area contributed by atoms with Crippen molar-refractivity contribution in [3.8, 4) is 5.75 Å². The first-order valence-electron chi connectivity index (χ1n) is 11.8. The number of hydrogen-bond donors (Lipinski definition) is 5. The van der Waals surface area contributed by atoms with E-state index in [1.165, 1.54) is 12.1 Å². The molecule has 0 aliphatic rings. The van der Waals surface area contributed by atoms with E-state index in [1.54, 1.807) is 53.7 Å². The van der Waals surface area contributed by atoms with Crippen molar-refractivity contribution in [1.82, 2.24) is 16.0 Å². The molecule has 11 heteroatoms. The lowest BCUT2D eigenvalue weighted by Gasteiger charge is -2.24. The topological polar surface area (TPSA) is 163 Å². The lowest BCUT2D eigenvalue weighted by molar-refractivity contribution is -0.142. The van der Waals surface area contributed by atoms with Crippen molar-refractivity contribution in [3.05, 3.63) is 29.8 Å². The van der Waals surface area contributed by atoms with Crippen molar-refractivity contribution in [1.29, 1.82) is 0 Å².